The standard InChI is InChI=1S/C20H25FN10O9P2S2/c21-11-13(32)10(39-19(11)30-2-1-8-14(22)24-6-25-15(8)30)5-37-42(35,44)40-9-3-7(4-36-41(34)43)38-18(9)31-16-12(28-29-31)17(33)27-20(23)26-16/h1-2,6-7,9-11,13,18-19,32,41H,3-5H2,(H,34,43)(H,35,44)(H2,22,24,25)(H3,23,26,27,33)/t7-,9+,10+,11-,13+,18+,19+,42?/m0/s1. The second-order valence-corrected chi connectivity index (χ2v) is 14.4. The number of nitrogens with two attached hydrogens (primary N) is 2. The number of ether oxygens (including phenoxy) is 2. The molecule has 2 aliphatic heterocycles. The molecule has 4 aromatic heterocycles. The quantitative estimate of drug-likeness (QED) is 0.110. The van der Waals surface area contributed by atoms with Gasteiger partial charge in [0.2, 0.25) is 5.95 Å². The van der Waals surface area contributed by atoms with Gasteiger partial charge in [0, 0.05) is 12.6 Å². The van der Waals surface area contributed by atoms with E-state index in [0.29, 0.717) is 11.0 Å². The van der Waals surface area contributed by atoms with Crippen molar-refractivity contribution in [3.63, 3.8) is 0 Å². The Bertz CT molecular complexity index is 1830. The van der Waals surface area contributed by atoms with Crippen molar-refractivity contribution in [2.45, 2.75) is 49.5 Å². The van der Waals surface area contributed by atoms with Crippen LogP contribution in [0.25, 0.3) is 22.2 Å². The lowest BCUT2D eigenvalue weighted by Gasteiger charge is -2.25. The normalized spacial score (nSPS) is 29.4. The molecule has 0 radical (unpaired) electrons. The first kappa shape index (κ1) is 31.4. The Hall–Kier alpha value is -2.59. The van der Waals surface area contributed by atoms with Crippen LogP contribution in [-0.2, 0) is 46.7 Å². The number of aliphatic hydroxyl groups is 1. The van der Waals surface area contributed by atoms with Crippen molar-refractivity contribution in [3.05, 3.63) is 28.9 Å². The number of nitrogen functional groups attached to an aromatic ring is 2. The molecule has 2 fully saturated rings. The molecule has 6 rings (SSSR count). The van der Waals surface area contributed by atoms with Gasteiger partial charge in [0.25, 0.3) is 5.56 Å². The molecular formula is C20H25FN10O9P2S2. The molecule has 8 N–H and O–H groups in total. The van der Waals surface area contributed by atoms with Gasteiger partial charge in [-0.3, -0.25) is 9.78 Å². The molecule has 2 aliphatic rings. The van der Waals surface area contributed by atoms with Crippen molar-refractivity contribution in [1.82, 2.24) is 39.5 Å². The van der Waals surface area contributed by atoms with E-state index in [2.05, 4.69) is 30.2 Å². The zero-order valence-electron chi connectivity index (χ0n) is 22.1. The number of anilines is 2. The molecule has 0 amide bonds. The fourth-order valence-electron chi connectivity index (χ4n) is 4.96. The summed E-state index contributed by atoms with van der Waals surface area (Å²) in [4.78, 5) is 47.1. The summed E-state index contributed by atoms with van der Waals surface area (Å²) in [6, 6.07) is 1.59. The molecule has 0 aliphatic carbocycles. The van der Waals surface area contributed by atoms with Crippen LogP contribution in [0, 0.1) is 0 Å². The molecule has 0 aromatic carbocycles. The van der Waals surface area contributed by atoms with Gasteiger partial charge in [0.15, 0.2) is 36.9 Å². The van der Waals surface area contributed by atoms with Crippen molar-refractivity contribution >= 4 is 71.4 Å². The number of hydrogen-bond acceptors (Lipinski definition) is 16. The van der Waals surface area contributed by atoms with E-state index in [-0.39, 0.29) is 36.0 Å². The van der Waals surface area contributed by atoms with E-state index in [0.717, 1.165) is 4.68 Å². The number of aliphatic hydroxyl groups excluding tert-OH is 1. The smallest absolute Gasteiger partial charge is 0.325 e. The van der Waals surface area contributed by atoms with Crippen LogP contribution in [0.5, 0.6) is 0 Å². The lowest BCUT2D eigenvalue weighted by molar-refractivity contribution is -0.0575. The highest BCUT2D eigenvalue weighted by Gasteiger charge is 2.47. The van der Waals surface area contributed by atoms with Gasteiger partial charge >= 0.3 is 6.72 Å². The highest BCUT2D eigenvalue weighted by molar-refractivity contribution is 8.07. The number of aromatic nitrogens is 8. The van der Waals surface area contributed by atoms with Gasteiger partial charge in [-0.15, -0.1) is 5.10 Å². The third-order valence-electron chi connectivity index (χ3n) is 6.91. The molecule has 238 valence electrons. The maximum absolute atomic E-state index is 15.2. The van der Waals surface area contributed by atoms with Crippen LogP contribution in [0.2, 0.25) is 0 Å². The summed E-state index contributed by atoms with van der Waals surface area (Å²) < 4.78 is 45.8. The summed E-state index contributed by atoms with van der Waals surface area (Å²) in [5.74, 6) is -0.0189. The Kier molecular flexibility index (Phi) is 8.78. The fourth-order valence-corrected chi connectivity index (χ4v) is 6.93. The Morgan fingerprint density at radius 3 is 2.82 bits per heavy atom. The molecule has 0 saturated carbocycles. The minimum atomic E-state index is -4.13. The minimum absolute atomic E-state index is 0.0409. The maximum atomic E-state index is 15.2. The van der Waals surface area contributed by atoms with Crippen LogP contribution < -0.4 is 17.0 Å². The average molecular weight is 695 g/mol. The molecule has 9 atom stereocenters. The summed E-state index contributed by atoms with van der Waals surface area (Å²) >= 11 is 9.93. The van der Waals surface area contributed by atoms with Gasteiger partial charge in [-0.1, -0.05) is 5.21 Å². The second-order valence-electron chi connectivity index (χ2n) is 9.75. The molecule has 24 heteroatoms. The summed E-state index contributed by atoms with van der Waals surface area (Å²) in [7, 11) is -2.47. The van der Waals surface area contributed by atoms with E-state index in [1.807, 2.05) is 0 Å². The van der Waals surface area contributed by atoms with Crippen LogP contribution in [0.1, 0.15) is 18.9 Å². The number of halogens is 1. The number of nitrogens with one attached hydrogen (secondary N) is 1. The van der Waals surface area contributed by atoms with E-state index in [1.165, 1.54) is 17.1 Å². The summed E-state index contributed by atoms with van der Waals surface area (Å²) in [5.41, 5.74) is 11.0. The number of H-pyrrole nitrogens is 1. The molecule has 44 heavy (non-hydrogen) atoms. The number of alkyl halides is 1. The van der Waals surface area contributed by atoms with Gasteiger partial charge in [-0.25, -0.2) is 14.4 Å². The molecule has 2 unspecified atom stereocenters. The van der Waals surface area contributed by atoms with Crippen molar-refractivity contribution in [1.29, 1.82) is 0 Å². The van der Waals surface area contributed by atoms with Gasteiger partial charge in [0.05, 0.1) is 24.7 Å². The largest absolute Gasteiger partial charge is 0.387 e. The van der Waals surface area contributed by atoms with Crippen molar-refractivity contribution in [2.24, 2.45) is 0 Å². The maximum Gasteiger partial charge on any atom is 0.325 e. The predicted octanol–water partition coefficient (Wildman–Crippen LogP) is -0.859. The first-order chi connectivity index (χ1) is 20.9. The summed E-state index contributed by atoms with van der Waals surface area (Å²) in [6.07, 6.45) is -6.29. The fraction of sp³-hybridized carbons (Fsp3) is 0.500. The van der Waals surface area contributed by atoms with E-state index in [1.54, 1.807) is 6.07 Å². The molecule has 2 saturated heterocycles. The van der Waals surface area contributed by atoms with Crippen LogP contribution in [0.3, 0.4) is 0 Å². The average Bonchev–Trinajstić information content (AvgIpc) is 3.73. The van der Waals surface area contributed by atoms with Crippen LogP contribution in [0.4, 0.5) is 16.2 Å². The lowest BCUT2D eigenvalue weighted by atomic mass is 10.1. The number of hydrogen-bond donors (Lipinski definition) is 6. The van der Waals surface area contributed by atoms with Crippen LogP contribution in [0.15, 0.2) is 23.4 Å². The number of fused-ring (bicyclic) bond motifs is 2. The van der Waals surface area contributed by atoms with Crippen LogP contribution >= 0.6 is 13.9 Å². The Labute approximate surface area is 256 Å². The zero-order valence-corrected chi connectivity index (χ0v) is 25.6. The Balaban J connectivity index is 1.17. The minimum Gasteiger partial charge on any atom is -0.387 e. The molecular weight excluding hydrogens is 669 g/mol. The highest BCUT2D eigenvalue weighted by atomic mass is 32.5. The number of nitrogens with zero attached hydrogens (tertiary/aromatic N) is 7. The monoisotopic (exact) mass is 694 g/mol. The second kappa shape index (κ2) is 12.3. The highest BCUT2D eigenvalue weighted by Crippen LogP contribution is 2.50. The Morgan fingerprint density at radius 2 is 2.05 bits per heavy atom. The number of rotatable bonds is 10. The lowest BCUT2D eigenvalue weighted by Crippen LogP contribution is -2.31. The van der Waals surface area contributed by atoms with Crippen molar-refractivity contribution < 1.29 is 42.3 Å². The molecule has 4 aromatic rings. The van der Waals surface area contributed by atoms with E-state index < -0.39 is 69.1 Å². The third-order valence-corrected chi connectivity index (χ3v) is 9.26. The van der Waals surface area contributed by atoms with E-state index in [9.17, 15) is 19.7 Å². The first-order valence-corrected chi connectivity index (χ1v) is 17.8. The number of aromatic amines is 1. The van der Waals surface area contributed by atoms with Gasteiger partial charge < -0.3 is 54.0 Å². The first-order valence-electron chi connectivity index (χ1n) is 12.7. The SMILES string of the molecule is Nc1nc2c(nnn2[C@@H]2O[C@H](CO[PH](O)=S)C[C@H]2OP(O)(=S)OC[C@H]2O[C@@H](n3ccc4c(N)ncnc43)[C@@H](F)[C@@H]2O)c(=O)[nH]1. The summed E-state index contributed by atoms with van der Waals surface area (Å²) in [6.45, 7) is -4.81. The van der Waals surface area contributed by atoms with Gasteiger partial charge in [-0.2, -0.15) is 9.67 Å². The van der Waals surface area contributed by atoms with E-state index >= 15 is 4.39 Å². The van der Waals surface area contributed by atoms with Crippen molar-refractivity contribution in [2.75, 3.05) is 24.7 Å². The van der Waals surface area contributed by atoms with E-state index in [4.69, 9.17) is 58.1 Å². The van der Waals surface area contributed by atoms with Crippen LogP contribution in [-0.4, -0.2) is 98.2 Å². The van der Waals surface area contributed by atoms with Gasteiger partial charge in [-0.05, 0) is 29.7 Å². The predicted molar refractivity (Wildman–Crippen MR) is 157 cm³/mol. The topological polar surface area (TPSA) is 266 Å². The van der Waals surface area contributed by atoms with Crippen molar-refractivity contribution in [3.8, 4) is 0 Å². The third kappa shape index (κ3) is 6.13. The molecule has 19 nitrogen and oxygen atoms in total. The summed E-state index contributed by atoms with van der Waals surface area (Å²) in [5, 5.41) is 18.8. The molecule has 0 bridgehead atoms. The Morgan fingerprint density at radius 1 is 1.25 bits per heavy atom. The zero-order chi connectivity index (χ0) is 31.3. The molecule has 6 heterocycles. The molecule has 0 spiro atoms. The van der Waals surface area contributed by atoms with Gasteiger partial charge in [0.1, 0.15) is 36.1 Å².